The molecule has 1 amide bonds. The van der Waals surface area contributed by atoms with Gasteiger partial charge in [0.05, 0.1) is 5.56 Å². The predicted molar refractivity (Wildman–Crippen MR) is 80.9 cm³/mol. The second-order valence-electron chi connectivity index (χ2n) is 5.77. The number of carbonyl (C=O) groups is 1. The van der Waals surface area contributed by atoms with Crippen molar-refractivity contribution >= 4 is 27.4 Å². The Labute approximate surface area is 125 Å². The molecule has 104 valence electrons. The van der Waals surface area contributed by atoms with E-state index in [9.17, 15) is 4.79 Å². The van der Waals surface area contributed by atoms with Gasteiger partial charge in [-0.05, 0) is 53.4 Å². The smallest absolute Gasteiger partial charge is 0.253 e. The van der Waals surface area contributed by atoms with Crippen LogP contribution in [-0.4, -0.2) is 28.4 Å². The van der Waals surface area contributed by atoms with E-state index < -0.39 is 0 Å². The number of amides is 1. The van der Waals surface area contributed by atoms with Gasteiger partial charge in [-0.2, -0.15) is 0 Å². The summed E-state index contributed by atoms with van der Waals surface area (Å²) < 4.78 is 2.99. The molecule has 0 spiro atoms. The Bertz CT molecular complexity index is 681. The fraction of sp³-hybridized carbons (Fsp3) is 0.400. The molecule has 4 heterocycles. The molecule has 2 fully saturated rings. The number of rotatable bonds is 2. The maximum atomic E-state index is 12.4. The van der Waals surface area contributed by atoms with Gasteiger partial charge in [0.15, 0.2) is 0 Å². The highest BCUT2D eigenvalue weighted by molar-refractivity contribution is 9.10. The molecule has 0 aromatic carbocycles. The average Bonchev–Trinajstić information content (AvgIpc) is 3.10. The minimum Gasteiger partial charge on any atom is -0.348 e. The highest BCUT2D eigenvalue weighted by Crippen LogP contribution is 2.28. The third-order valence-electron chi connectivity index (χ3n) is 4.44. The standard InChI is InChI=1S/C15H16BrN3O/c16-10-5-12-3-1-9(7-19(12)8-10)15(20)18-14-6-11-2-4-13(14)17-11/h1,3,5,7-8,11,13-14,17H,2,4,6H2,(H,18,20). The summed E-state index contributed by atoms with van der Waals surface area (Å²) in [4.78, 5) is 12.4. The van der Waals surface area contributed by atoms with Gasteiger partial charge in [0.2, 0.25) is 0 Å². The molecule has 2 saturated heterocycles. The van der Waals surface area contributed by atoms with Crippen LogP contribution in [0.25, 0.3) is 5.52 Å². The molecule has 3 unspecified atom stereocenters. The zero-order valence-electron chi connectivity index (χ0n) is 11.0. The van der Waals surface area contributed by atoms with Crippen LogP contribution in [0.2, 0.25) is 0 Å². The van der Waals surface area contributed by atoms with E-state index in [0.29, 0.717) is 17.6 Å². The number of nitrogens with one attached hydrogen (secondary N) is 2. The molecular weight excluding hydrogens is 318 g/mol. The zero-order chi connectivity index (χ0) is 13.7. The Morgan fingerprint density at radius 2 is 2.25 bits per heavy atom. The number of nitrogens with zero attached hydrogens (tertiary/aromatic N) is 1. The van der Waals surface area contributed by atoms with Crippen LogP contribution < -0.4 is 10.6 Å². The number of carbonyl (C=O) groups excluding carboxylic acids is 1. The van der Waals surface area contributed by atoms with E-state index in [1.807, 2.05) is 35.0 Å². The van der Waals surface area contributed by atoms with Gasteiger partial charge in [0, 0.05) is 40.5 Å². The Morgan fingerprint density at radius 3 is 3.00 bits per heavy atom. The Morgan fingerprint density at radius 1 is 1.35 bits per heavy atom. The molecule has 0 saturated carbocycles. The SMILES string of the molecule is O=C(NC1CC2CCC1N2)c1ccc2cc(Br)cn2c1. The Hall–Kier alpha value is -1.33. The summed E-state index contributed by atoms with van der Waals surface area (Å²) in [6.07, 6.45) is 7.34. The van der Waals surface area contributed by atoms with E-state index >= 15 is 0 Å². The van der Waals surface area contributed by atoms with Crippen molar-refractivity contribution in [2.24, 2.45) is 0 Å². The van der Waals surface area contributed by atoms with Gasteiger partial charge >= 0.3 is 0 Å². The first-order valence-electron chi connectivity index (χ1n) is 7.03. The van der Waals surface area contributed by atoms with E-state index in [1.54, 1.807) is 0 Å². The molecule has 2 N–H and O–H groups in total. The second-order valence-corrected chi connectivity index (χ2v) is 6.69. The van der Waals surface area contributed by atoms with Crippen LogP contribution in [0.3, 0.4) is 0 Å². The highest BCUT2D eigenvalue weighted by Gasteiger charge is 2.39. The lowest BCUT2D eigenvalue weighted by molar-refractivity contribution is 0.0930. The number of halogens is 1. The fourth-order valence-corrected chi connectivity index (χ4v) is 3.90. The summed E-state index contributed by atoms with van der Waals surface area (Å²) in [5.74, 6) is 0.0241. The molecular formula is C15H16BrN3O. The molecule has 20 heavy (non-hydrogen) atoms. The summed E-state index contributed by atoms with van der Waals surface area (Å²) in [5, 5.41) is 6.71. The molecule has 4 nitrogen and oxygen atoms in total. The third kappa shape index (κ3) is 2.05. The summed E-state index contributed by atoms with van der Waals surface area (Å²) >= 11 is 3.45. The number of fused-ring (bicyclic) bond motifs is 3. The van der Waals surface area contributed by atoms with E-state index in [0.717, 1.165) is 16.4 Å². The number of pyridine rings is 1. The van der Waals surface area contributed by atoms with Crippen LogP contribution in [-0.2, 0) is 0 Å². The molecule has 0 aliphatic carbocycles. The van der Waals surface area contributed by atoms with Crippen molar-refractivity contribution in [2.75, 3.05) is 0 Å². The Kier molecular flexibility index (Phi) is 2.86. The van der Waals surface area contributed by atoms with Gasteiger partial charge in [-0.1, -0.05) is 0 Å². The molecule has 2 aliphatic rings. The highest BCUT2D eigenvalue weighted by atomic mass is 79.9. The summed E-state index contributed by atoms with van der Waals surface area (Å²) in [7, 11) is 0. The normalized spacial score (nSPS) is 28.1. The minimum atomic E-state index is 0.0241. The summed E-state index contributed by atoms with van der Waals surface area (Å²) in [6.45, 7) is 0. The van der Waals surface area contributed by atoms with Crippen LogP contribution in [0.5, 0.6) is 0 Å². The number of hydrogen-bond acceptors (Lipinski definition) is 2. The van der Waals surface area contributed by atoms with Gasteiger partial charge in [-0.25, -0.2) is 0 Å². The molecule has 2 aromatic heterocycles. The molecule has 2 aromatic rings. The lowest BCUT2D eigenvalue weighted by atomic mass is 9.95. The van der Waals surface area contributed by atoms with Gasteiger partial charge in [0.25, 0.3) is 5.91 Å². The summed E-state index contributed by atoms with van der Waals surface area (Å²) in [5.41, 5.74) is 1.79. The van der Waals surface area contributed by atoms with Crippen molar-refractivity contribution in [3.05, 3.63) is 40.6 Å². The van der Waals surface area contributed by atoms with Crippen LogP contribution in [0.4, 0.5) is 0 Å². The van der Waals surface area contributed by atoms with Crippen LogP contribution in [0, 0.1) is 0 Å². The fourth-order valence-electron chi connectivity index (χ4n) is 3.44. The van der Waals surface area contributed by atoms with Crippen LogP contribution in [0.1, 0.15) is 29.6 Å². The van der Waals surface area contributed by atoms with E-state index in [4.69, 9.17) is 0 Å². The lowest BCUT2D eigenvalue weighted by Crippen LogP contribution is -2.42. The predicted octanol–water partition coefficient (Wildman–Crippen LogP) is 2.32. The lowest BCUT2D eigenvalue weighted by Gasteiger charge is -2.21. The van der Waals surface area contributed by atoms with E-state index in [2.05, 4.69) is 26.6 Å². The van der Waals surface area contributed by atoms with Crippen LogP contribution >= 0.6 is 15.9 Å². The van der Waals surface area contributed by atoms with Crippen molar-refractivity contribution in [2.45, 2.75) is 37.4 Å². The number of aromatic nitrogens is 1. The minimum absolute atomic E-state index is 0.0241. The van der Waals surface area contributed by atoms with Crippen molar-refractivity contribution in [3.8, 4) is 0 Å². The third-order valence-corrected chi connectivity index (χ3v) is 4.87. The van der Waals surface area contributed by atoms with E-state index in [1.165, 1.54) is 12.8 Å². The maximum absolute atomic E-state index is 12.4. The second kappa shape index (κ2) is 4.60. The van der Waals surface area contributed by atoms with Gasteiger partial charge in [-0.3, -0.25) is 4.79 Å². The van der Waals surface area contributed by atoms with E-state index in [-0.39, 0.29) is 11.9 Å². The quantitative estimate of drug-likeness (QED) is 0.885. The first kappa shape index (κ1) is 12.4. The maximum Gasteiger partial charge on any atom is 0.253 e. The van der Waals surface area contributed by atoms with Crippen molar-refractivity contribution < 1.29 is 4.79 Å². The first-order valence-corrected chi connectivity index (χ1v) is 7.82. The summed E-state index contributed by atoms with van der Waals surface area (Å²) in [6, 6.07) is 7.24. The largest absolute Gasteiger partial charge is 0.348 e. The molecule has 5 heteroatoms. The van der Waals surface area contributed by atoms with Gasteiger partial charge in [0.1, 0.15) is 0 Å². The zero-order valence-corrected chi connectivity index (χ0v) is 12.6. The molecule has 2 aliphatic heterocycles. The van der Waals surface area contributed by atoms with Crippen molar-refractivity contribution in [3.63, 3.8) is 0 Å². The molecule has 4 rings (SSSR count). The Balaban J connectivity index is 1.54. The first-order chi connectivity index (χ1) is 9.69. The monoisotopic (exact) mass is 333 g/mol. The molecule has 0 radical (unpaired) electrons. The number of hydrogen-bond donors (Lipinski definition) is 2. The van der Waals surface area contributed by atoms with Crippen LogP contribution in [0.15, 0.2) is 35.1 Å². The van der Waals surface area contributed by atoms with Crippen molar-refractivity contribution in [1.82, 2.24) is 15.0 Å². The van der Waals surface area contributed by atoms with Crippen molar-refractivity contribution in [1.29, 1.82) is 0 Å². The van der Waals surface area contributed by atoms with Gasteiger partial charge < -0.3 is 15.0 Å². The topological polar surface area (TPSA) is 45.5 Å². The molecule has 3 atom stereocenters. The van der Waals surface area contributed by atoms with Gasteiger partial charge in [-0.15, -0.1) is 0 Å². The average molecular weight is 334 g/mol. The molecule has 2 bridgehead atoms.